The van der Waals surface area contributed by atoms with Crippen LogP contribution in [0.15, 0.2) is 10.7 Å². The lowest BCUT2D eigenvalue weighted by Gasteiger charge is -2.13. The Hall–Kier alpha value is -1.25. The van der Waals surface area contributed by atoms with Gasteiger partial charge < -0.3 is 5.11 Å². The van der Waals surface area contributed by atoms with Crippen molar-refractivity contribution in [3.05, 3.63) is 27.5 Å². The summed E-state index contributed by atoms with van der Waals surface area (Å²) in [6, 6.07) is 0.208. The molecular weight excluding hydrogens is 329 g/mol. The zero-order chi connectivity index (χ0) is 14.1. The van der Waals surface area contributed by atoms with Gasteiger partial charge in [0.25, 0.3) is 6.43 Å². The van der Waals surface area contributed by atoms with Gasteiger partial charge in [0.1, 0.15) is 4.60 Å². The molecule has 1 N–H and O–H groups in total. The molecule has 3 nitrogen and oxygen atoms in total. The van der Waals surface area contributed by atoms with Gasteiger partial charge >= 0.3 is 12.1 Å². The summed E-state index contributed by atoms with van der Waals surface area (Å²) < 4.78 is 62.1. The van der Waals surface area contributed by atoms with E-state index in [2.05, 4.69) is 20.9 Å². The maximum atomic E-state index is 12.6. The highest BCUT2D eigenvalue weighted by molar-refractivity contribution is 9.10. The summed E-state index contributed by atoms with van der Waals surface area (Å²) >= 11 is 2.59. The number of carbonyl (C=O) groups is 1. The fraction of sp³-hybridized carbons (Fsp3) is 0.333. The maximum Gasteiger partial charge on any atom is 0.418 e. The Labute approximate surface area is 106 Å². The number of carboxylic acid groups (broad SMARTS) is 1. The smallest absolute Gasteiger partial charge is 0.418 e. The van der Waals surface area contributed by atoms with Crippen molar-refractivity contribution >= 4 is 21.9 Å². The number of hydrogen-bond acceptors (Lipinski definition) is 2. The monoisotopic (exact) mass is 333 g/mol. The largest absolute Gasteiger partial charge is 0.481 e. The van der Waals surface area contributed by atoms with Gasteiger partial charge in [0, 0.05) is 0 Å². The lowest BCUT2D eigenvalue weighted by molar-refractivity contribution is -0.140. The molecule has 0 fully saturated rings. The number of rotatable bonds is 3. The highest BCUT2D eigenvalue weighted by Crippen LogP contribution is 2.36. The zero-order valence-electron chi connectivity index (χ0n) is 8.43. The molecule has 0 atom stereocenters. The number of hydrogen-bond donors (Lipinski definition) is 1. The van der Waals surface area contributed by atoms with Crippen molar-refractivity contribution in [2.45, 2.75) is 19.0 Å². The van der Waals surface area contributed by atoms with Crippen molar-refractivity contribution < 1.29 is 31.9 Å². The average Bonchev–Trinajstić information content (AvgIpc) is 2.13. The molecule has 0 saturated heterocycles. The maximum absolute atomic E-state index is 12.6. The highest BCUT2D eigenvalue weighted by Gasteiger charge is 2.36. The second-order valence-electron chi connectivity index (χ2n) is 3.23. The van der Waals surface area contributed by atoms with Crippen LogP contribution in [0.5, 0.6) is 0 Å². The van der Waals surface area contributed by atoms with E-state index in [1.807, 2.05) is 0 Å². The standard InChI is InChI=1S/C9H5BrF5NO2/c10-7-3(8(11)12)1-4(9(13,14)15)5(16-7)2-6(17)18/h1,8H,2H2,(H,17,18). The quantitative estimate of drug-likeness (QED) is 0.681. The van der Waals surface area contributed by atoms with E-state index in [4.69, 9.17) is 5.11 Å². The van der Waals surface area contributed by atoms with Crippen LogP contribution in [0.3, 0.4) is 0 Å². The van der Waals surface area contributed by atoms with Crippen molar-refractivity contribution in [2.75, 3.05) is 0 Å². The van der Waals surface area contributed by atoms with Crippen LogP contribution in [0.25, 0.3) is 0 Å². The molecule has 0 radical (unpaired) electrons. The minimum absolute atomic E-state index is 0.208. The van der Waals surface area contributed by atoms with Crippen LogP contribution in [-0.2, 0) is 17.4 Å². The van der Waals surface area contributed by atoms with Crippen LogP contribution in [0.4, 0.5) is 22.0 Å². The Morgan fingerprint density at radius 1 is 1.44 bits per heavy atom. The number of nitrogens with zero attached hydrogens (tertiary/aromatic N) is 1. The first-order valence-electron chi connectivity index (χ1n) is 4.39. The third-order valence-corrected chi connectivity index (χ3v) is 2.58. The van der Waals surface area contributed by atoms with E-state index in [1.165, 1.54) is 0 Å². The van der Waals surface area contributed by atoms with Gasteiger partial charge in [-0.1, -0.05) is 0 Å². The van der Waals surface area contributed by atoms with Crippen molar-refractivity contribution in [3.63, 3.8) is 0 Å². The van der Waals surface area contributed by atoms with E-state index in [1.54, 1.807) is 0 Å². The SMILES string of the molecule is O=C(O)Cc1nc(Br)c(C(F)F)cc1C(F)(F)F. The molecule has 0 unspecified atom stereocenters. The first-order chi connectivity index (χ1) is 8.12. The van der Waals surface area contributed by atoms with Crippen LogP contribution in [0.2, 0.25) is 0 Å². The fourth-order valence-electron chi connectivity index (χ4n) is 1.22. The molecule has 0 aromatic carbocycles. The Balaban J connectivity index is 3.42. The van der Waals surface area contributed by atoms with Gasteiger partial charge in [-0.15, -0.1) is 0 Å². The number of aromatic nitrogens is 1. The number of alkyl halides is 5. The van der Waals surface area contributed by atoms with Gasteiger partial charge in [0.2, 0.25) is 0 Å². The number of aliphatic carboxylic acids is 1. The fourth-order valence-corrected chi connectivity index (χ4v) is 1.72. The van der Waals surface area contributed by atoms with Crippen LogP contribution in [-0.4, -0.2) is 16.1 Å². The van der Waals surface area contributed by atoms with Gasteiger partial charge in [-0.3, -0.25) is 4.79 Å². The molecule has 1 aromatic heterocycles. The number of pyridine rings is 1. The molecule has 0 amide bonds. The summed E-state index contributed by atoms with van der Waals surface area (Å²) in [5.41, 5.74) is -3.22. The van der Waals surface area contributed by atoms with Crippen molar-refractivity contribution in [2.24, 2.45) is 0 Å². The average molecular weight is 334 g/mol. The molecule has 100 valence electrons. The molecule has 0 aliphatic rings. The normalized spacial score (nSPS) is 11.9. The summed E-state index contributed by atoms with van der Waals surface area (Å²) in [5, 5.41) is 8.46. The predicted molar refractivity (Wildman–Crippen MR) is 53.2 cm³/mol. The summed E-state index contributed by atoms with van der Waals surface area (Å²) in [4.78, 5) is 13.6. The molecular formula is C9H5BrF5NO2. The van der Waals surface area contributed by atoms with E-state index >= 15 is 0 Å². The third kappa shape index (κ3) is 3.37. The number of carboxylic acids is 1. The van der Waals surface area contributed by atoms with Gasteiger partial charge in [0.05, 0.1) is 23.2 Å². The van der Waals surface area contributed by atoms with Crippen LogP contribution in [0.1, 0.15) is 23.2 Å². The Morgan fingerprint density at radius 2 is 2.00 bits per heavy atom. The predicted octanol–water partition coefficient (Wildman–Crippen LogP) is 3.43. The Morgan fingerprint density at radius 3 is 2.39 bits per heavy atom. The van der Waals surface area contributed by atoms with Crippen LogP contribution >= 0.6 is 15.9 Å². The first kappa shape index (κ1) is 14.8. The minimum atomic E-state index is -4.94. The first-order valence-corrected chi connectivity index (χ1v) is 5.18. The second-order valence-corrected chi connectivity index (χ2v) is 3.98. The molecule has 1 aromatic rings. The van der Waals surface area contributed by atoms with Gasteiger partial charge in [-0.05, 0) is 22.0 Å². The topological polar surface area (TPSA) is 50.2 Å². The third-order valence-electron chi connectivity index (χ3n) is 1.94. The van der Waals surface area contributed by atoms with Gasteiger partial charge in [-0.25, -0.2) is 13.8 Å². The van der Waals surface area contributed by atoms with E-state index < -0.39 is 46.4 Å². The van der Waals surface area contributed by atoms with E-state index in [9.17, 15) is 26.7 Å². The summed E-state index contributed by atoms with van der Waals surface area (Å²) in [7, 11) is 0. The lowest BCUT2D eigenvalue weighted by Crippen LogP contribution is -2.15. The molecule has 1 rings (SSSR count). The van der Waals surface area contributed by atoms with E-state index in [-0.39, 0.29) is 6.07 Å². The summed E-state index contributed by atoms with van der Waals surface area (Å²) in [6.45, 7) is 0. The molecule has 0 spiro atoms. The molecule has 18 heavy (non-hydrogen) atoms. The molecule has 0 saturated carbocycles. The lowest BCUT2D eigenvalue weighted by atomic mass is 10.1. The molecule has 0 bridgehead atoms. The molecule has 0 aliphatic heterocycles. The minimum Gasteiger partial charge on any atom is -0.481 e. The summed E-state index contributed by atoms with van der Waals surface area (Å²) in [5.74, 6) is -1.54. The van der Waals surface area contributed by atoms with Crippen molar-refractivity contribution in [3.8, 4) is 0 Å². The van der Waals surface area contributed by atoms with Crippen LogP contribution < -0.4 is 0 Å². The van der Waals surface area contributed by atoms with Gasteiger partial charge in [-0.2, -0.15) is 13.2 Å². The molecule has 1 heterocycles. The van der Waals surface area contributed by atoms with E-state index in [0.717, 1.165) is 0 Å². The molecule has 0 aliphatic carbocycles. The van der Waals surface area contributed by atoms with Gasteiger partial charge in [0.15, 0.2) is 0 Å². The van der Waals surface area contributed by atoms with Crippen molar-refractivity contribution in [1.29, 1.82) is 0 Å². The van der Waals surface area contributed by atoms with E-state index in [0.29, 0.717) is 0 Å². The Kier molecular flexibility index (Phi) is 4.25. The summed E-state index contributed by atoms with van der Waals surface area (Å²) in [6.07, 6.45) is -9.09. The Bertz CT molecular complexity index is 475. The van der Waals surface area contributed by atoms with Crippen molar-refractivity contribution in [1.82, 2.24) is 4.98 Å². The second kappa shape index (κ2) is 5.17. The number of halogens is 6. The molecule has 9 heteroatoms. The highest BCUT2D eigenvalue weighted by atomic mass is 79.9. The zero-order valence-corrected chi connectivity index (χ0v) is 10.0. The van der Waals surface area contributed by atoms with Crippen LogP contribution in [0, 0.1) is 0 Å².